The molecule has 1 atom stereocenters. The fourth-order valence-corrected chi connectivity index (χ4v) is 3.91. The summed E-state index contributed by atoms with van der Waals surface area (Å²) >= 11 is 0. The molecule has 0 N–H and O–H groups in total. The third kappa shape index (κ3) is 5.25. The Morgan fingerprint density at radius 1 is 0.960 bits per heavy atom. The molecule has 2 saturated heterocycles. The first kappa shape index (κ1) is 18.3. The molecule has 2 heterocycles. The highest BCUT2D eigenvalue weighted by atomic mass is 19.1. The lowest BCUT2D eigenvalue weighted by Crippen LogP contribution is -2.40. The summed E-state index contributed by atoms with van der Waals surface area (Å²) in [5.41, 5.74) is 1.19. The Morgan fingerprint density at radius 2 is 1.60 bits per heavy atom. The van der Waals surface area contributed by atoms with E-state index in [1.807, 2.05) is 17.0 Å². The van der Waals surface area contributed by atoms with E-state index in [9.17, 15) is 9.18 Å². The van der Waals surface area contributed by atoms with Gasteiger partial charge in [0.05, 0.1) is 6.54 Å². The van der Waals surface area contributed by atoms with E-state index in [2.05, 4.69) is 16.7 Å². The lowest BCUT2D eigenvalue weighted by Gasteiger charge is -2.25. The largest absolute Gasteiger partial charge is 0.342 e. The van der Waals surface area contributed by atoms with Crippen LogP contribution in [0.4, 0.5) is 4.39 Å². The topological polar surface area (TPSA) is 26.8 Å². The van der Waals surface area contributed by atoms with E-state index < -0.39 is 0 Å². The maximum atomic E-state index is 13.1. The molecule has 5 heteroatoms. The summed E-state index contributed by atoms with van der Waals surface area (Å²) in [4.78, 5) is 19.1. The Labute approximate surface area is 150 Å². The Morgan fingerprint density at radius 3 is 2.32 bits per heavy atom. The summed E-state index contributed by atoms with van der Waals surface area (Å²) in [6, 6.07) is 6.86. The highest BCUT2D eigenvalue weighted by Crippen LogP contribution is 2.18. The Bertz CT molecular complexity index is 557. The molecule has 3 rings (SSSR count). The molecule has 0 aromatic heterocycles. The second kappa shape index (κ2) is 8.77. The number of hydrogen-bond acceptors (Lipinski definition) is 3. The zero-order chi connectivity index (χ0) is 17.6. The van der Waals surface area contributed by atoms with Gasteiger partial charge in [0.2, 0.25) is 5.91 Å². The quantitative estimate of drug-likeness (QED) is 0.819. The summed E-state index contributed by atoms with van der Waals surface area (Å²) in [5, 5.41) is 0. The van der Waals surface area contributed by atoms with Crippen LogP contribution in [0.2, 0.25) is 0 Å². The SMILES string of the molecule is C[C@H](CN1CCCN(CC(=O)N2CCCC2)CC1)c1ccc(F)cc1. The van der Waals surface area contributed by atoms with Gasteiger partial charge in [0.15, 0.2) is 0 Å². The van der Waals surface area contributed by atoms with E-state index in [0.29, 0.717) is 18.4 Å². The highest BCUT2D eigenvalue weighted by Gasteiger charge is 2.23. The first-order valence-electron chi connectivity index (χ1n) is 9.60. The van der Waals surface area contributed by atoms with E-state index in [4.69, 9.17) is 0 Å². The first-order chi connectivity index (χ1) is 12.1. The molecule has 0 saturated carbocycles. The predicted molar refractivity (Wildman–Crippen MR) is 98.1 cm³/mol. The molecule has 2 aliphatic heterocycles. The van der Waals surface area contributed by atoms with Gasteiger partial charge in [-0.15, -0.1) is 0 Å². The van der Waals surface area contributed by atoms with Gasteiger partial charge in [0.25, 0.3) is 0 Å². The molecule has 1 aromatic rings. The van der Waals surface area contributed by atoms with Gasteiger partial charge in [0, 0.05) is 32.7 Å². The number of amides is 1. The average Bonchev–Trinajstić information content (AvgIpc) is 3.06. The zero-order valence-electron chi connectivity index (χ0n) is 15.3. The molecule has 0 aliphatic carbocycles. The predicted octanol–water partition coefficient (Wildman–Crippen LogP) is 2.56. The van der Waals surface area contributed by atoms with Gasteiger partial charge in [0.1, 0.15) is 5.82 Å². The number of carbonyl (C=O) groups excluding carboxylic acids is 1. The van der Waals surface area contributed by atoms with Crippen molar-refractivity contribution in [1.29, 1.82) is 0 Å². The van der Waals surface area contributed by atoms with E-state index in [-0.39, 0.29) is 5.82 Å². The van der Waals surface area contributed by atoms with Crippen LogP contribution < -0.4 is 0 Å². The van der Waals surface area contributed by atoms with Crippen LogP contribution in [0.15, 0.2) is 24.3 Å². The zero-order valence-corrected chi connectivity index (χ0v) is 15.3. The van der Waals surface area contributed by atoms with Gasteiger partial charge in [-0.2, -0.15) is 0 Å². The van der Waals surface area contributed by atoms with Crippen molar-refractivity contribution in [3.05, 3.63) is 35.6 Å². The van der Waals surface area contributed by atoms with Gasteiger partial charge < -0.3 is 9.80 Å². The Kier molecular flexibility index (Phi) is 6.43. The molecule has 0 radical (unpaired) electrons. The number of hydrogen-bond donors (Lipinski definition) is 0. The summed E-state index contributed by atoms with van der Waals surface area (Å²) in [7, 11) is 0. The molecule has 2 aliphatic rings. The third-order valence-corrected chi connectivity index (χ3v) is 5.47. The van der Waals surface area contributed by atoms with Crippen molar-refractivity contribution < 1.29 is 9.18 Å². The minimum Gasteiger partial charge on any atom is -0.342 e. The van der Waals surface area contributed by atoms with E-state index >= 15 is 0 Å². The lowest BCUT2D eigenvalue weighted by molar-refractivity contribution is -0.131. The Hall–Kier alpha value is -1.46. The number of nitrogens with zero attached hydrogens (tertiary/aromatic N) is 3. The van der Waals surface area contributed by atoms with Gasteiger partial charge in [-0.3, -0.25) is 9.69 Å². The Balaban J connectivity index is 1.46. The molecule has 0 unspecified atom stereocenters. The molecule has 4 nitrogen and oxygen atoms in total. The first-order valence-corrected chi connectivity index (χ1v) is 9.60. The standard InChI is InChI=1S/C20H30FN3O/c1-17(18-5-7-19(21)8-6-18)15-22-9-4-10-23(14-13-22)16-20(25)24-11-2-3-12-24/h5-8,17H,2-4,9-16H2,1H3/t17-/m1/s1. The second-order valence-corrected chi connectivity index (χ2v) is 7.47. The van der Waals surface area contributed by atoms with Crippen molar-refractivity contribution in [2.24, 2.45) is 0 Å². The van der Waals surface area contributed by atoms with Gasteiger partial charge in [-0.05, 0) is 56.0 Å². The average molecular weight is 347 g/mol. The fourth-order valence-electron chi connectivity index (χ4n) is 3.91. The van der Waals surface area contributed by atoms with Crippen molar-refractivity contribution in [3.63, 3.8) is 0 Å². The molecule has 25 heavy (non-hydrogen) atoms. The summed E-state index contributed by atoms with van der Waals surface area (Å²) in [5.74, 6) is 0.507. The van der Waals surface area contributed by atoms with Crippen LogP contribution in [0, 0.1) is 5.82 Å². The maximum Gasteiger partial charge on any atom is 0.236 e. The number of halogens is 1. The van der Waals surface area contributed by atoms with Crippen LogP contribution in [0.3, 0.4) is 0 Å². The molecule has 138 valence electrons. The van der Waals surface area contributed by atoms with Crippen LogP contribution in [-0.4, -0.2) is 73.0 Å². The van der Waals surface area contributed by atoms with Crippen LogP contribution in [0.5, 0.6) is 0 Å². The van der Waals surface area contributed by atoms with Gasteiger partial charge in [-0.25, -0.2) is 4.39 Å². The number of likely N-dealkylation sites (tertiary alicyclic amines) is 1. The van der Waals surface area contributed by atoms with E-state index in [1.165, 1.54) is 5.56 Å². The van der Waals surface area contributed by atoms with Crippen LogP contribution in [0.1, 0.15) is 37.7 Å². The fraction of sp³-hybridized carbons (Fsp3) is 0.650. The van der Waals surface area contributed by atoms with E-state index in [0.717, 1.165) is 65.1 Å². The smallest absolute Gasteiger partial charge is 0.236 e. The lowest BCUT2D eigenvalue weighted by atomic mass is 10.0. The number of rotatable bonds is 5. The highest BCUT2D eigenvalue weighted by molar-refractivity contribution is 5.78. The van der Waals surface area contributed by atoms with Crippen LogP contribution >= 0.6 is 0 Å². The number of benzene rings is 1. The maximum absolute atomic E-state index is 13.1. The third-order valence-electron chi connectivity index (χ3n) is 5.47. The molecule has 0 spiro atoms. The van der Waals surface area contributed by atoms with Crippen molar-refractivity contribution in [1.82, 2.24) is 14.7 Å². The minimum atomic E-state index is -0.177. The van der Waals surface area contributed by atoms with Crippen molar-refractivity contribution in [2.45, 2.75) is 32.1 Å². The van der Waals surface area contributed by atoms with Crippen molar-refractivity contribution >= 4 is 5.91 Å². The monoisotopic (exact) mass is 347 g/mol. The molecule has 1 aromatic carbocycles. The molecular formula is C20H30FN3O. The van der Waals surface area contributed by atoms with Gasteiger partial charge >= 0.3 is 0 Å². The van der Waals surface area contributed by atoms with Gasteiger partial charge in [-0.1, -0.05) is 19.1 Å². The minimum absolute atomic E-state index is 0.177. The summed E-state index contributed by atoms with van der Waals surface area (Å²) in [6.45, 7) is 9.66. The van der Waals surface area contributed by atoms with Crippen LogP contribution in [-0.2, 0) is 4.79 Å². The molecular weight excluding hydrogens is 317 g/mol. The van der Waals surface area contributed by atoms with E-state index in [1.54, 1.807) is 12.1 Å². The summed E-state index contributed by atoms with van der Waals surface area (Å²) < 4.78 is 13.1. The second-order valence-electron chi connectivity index (χ2n) is 7.47. The van der Waals surface area contributed by atoms with Crippen molar-refractivity contribution in [2.75, 3.05) is 52.4 Å². The molecule has 1 amide bonds. The number of carbonyl (C=O) groups is 1. The van der Waals surface area contributed by atoms with Crippen molar-refractivity contribution in [3.8, 4) is 0 Å². The van der Waals surface area contributed by atoms with Crippen LogP contribution in [0.25, 0.3) is 0 Å². The molecule has 2 fully saturated rings. The molecule has 0 bridgehead atoms. The summed E-state index contributed by atoms with van der Waals surface area (Å²) in [6.07, 6.45) is 3.41. The normalized spacial score (nSPS) is 21.3.